The van der Waals surface area contributed by atoms with Crippen LogP contribution in [0.2, 0.25) is 0 Å². The van der Waals surface area contributed by atoms with Gasteiger partial charge in [0.2, 0.25) is 0 Å². The van der Waals surface area contributed by atoms with Crippen molar-refractivity contribution in [1.82, 2.24) is 5.32 Å². The van der Waals surface area contributed by atoms with E-state index in [2.05, 4.69) is 5.32 Å². The second-order valence-electron chi connectivity index (χ2n) is 4.21. The van der Waals surface area contributed by atoms with Crippen LogP contribution in [0.5, 0.6) is 5.75 Å². The van der Waals surface area contributed by atoms with Crippen molar-refractivity contribution in [2.24, 2.45) is 0 Å². The molecule has 0 aromatic heterocycles. The first-order valence-corrected chi connectivity index (χ1v) is 5.73. The third kappa shape index (κ3) is 3.69. The zero-order valence-corrected chi connectivity index (χ0v) is 11.0. The lowest BCUT2D eigenvalue weighted by Crippen LogP contribution is -2.47. The average molecular weight is 267 g/mol. The minimum absolute atomic E-state index is 0.273. The molecule has 0 aliphatic rings. The zero-order valence-electron chi connectivity index (χ0n) is 11.0. The number of carboxylic acid groups (broad SMARTS) is 1. The van der Waals surface area contributed by atoms with Crippen LogP contribution in [-0.4, -0.2) is 41.3 Å². The molecule has 1 aromatic carbocycles. The fourth-order valence-corrected chi connectivity index (χ4v) is 1.57. The maximum atomic E-state index is 11.9. The number of carbonyl (C=O) groups excluding carboxylic acids is 1. The third-order valence-corrected chi connectivity index (χ3v) is 2.71. The molecule has 104 valence electrons. The summed E-state index contributed by atoms with van der Waals surface area (Å²) in [6, 6.07) is 3.44. The SMILES string of the molecule is COc1cc(C(=O)NC(C(=O)O)C(C)O)ccc1C. The van der Waals surface area contributed by atoms with Crippen molar-refractivity contribution >= 4 is 11.9 Å². The summed E-state index contributed by atoms with van der Waals surface area (Å²) < 4.78 is 5.09. The van der Waals surface area contributed by atoms with Crippen molar-refractivity contribution in [1.29, 1.82) is 0 Å². The van der Waals surface area contributed by atoms with E-state index in [0.29, 0.717) is 5.75 Å². The fraction of sp³-hybridized carbons (Fsp3) is 0.385. The number of amides is 1. The molecule has 0 heterocycles. The van der Waals surface area contributed by atoms with Gasteiger partial charge in [-0.15, -0.1) is 0 Å². The highest BCUT2D eigenvalue weighted by Gasteiger charge is 2.25. The molecule has 0 radical (unpaired) electrons. The fourth-order valence-electron chi connectivity index (χ4n) is 1.57. The Morgan fingerprint density at radius 2 is 2.00 bits per heavy atom. The number of aliphatic hydroxyl groups excluding tert-OH is 1. The van der Waals surface area contributed by atoms with Crippen molar-refractivity contribution < 1.29 is 24.5 Å². The van der Waals surface area contributed by atoms with Crippen LogP contribution in [0.4, 0.5) is 0 Å². The smallest absolute Gasteiger partial charge is 0.328 e. The predicted molar refractivity (Wildman–Crippen MR) is 68.3 cm³/mol. The first-order chi connectivity index (χ1) is 8.86. The van der Waals surface area contributed by atoms with Gasteiger partial charge in [-0.2, -0.15) is 0 Å². The van der Waals surface area contributed by atoms with Gasteiger partial charge in [-0.25, -0.2) is 4.79 Å². The van der Waals surface area contributed by atoms with E-state index in [1.165, 1.54) is 20.1 Å². The highest BCUT2D eigenvalue weighted by molar-refractivity contribution is 5.97. The van der Waals surface area contributed by atoms with Crippen LogP contribution in [0.3, 0.4) is 0 Å². The number of carboxylic acids is 1. The maximum Gasteiger partial charge on any atom is 0.328 e. The van der Waals surface area contributed by atoms with Gasteiger partial charge < -0.3 is 20.3 Å². The minimum atomic E-state index is -1.35. The summed E-state index contributed by atoms with van der Waals surface area (Å²) in [4.78, 5) is 22.8. The Hall–Kier alpha value is -2.08. The Balaban J connectivity index is 2.91. The predicted octanol–water partition coefficient (Wildman–Crippen LogP) is 0.567. The molecular formula is C13H17NO5. The van der Waals surface area contributed by atoms with Crippen LogP contribution >= 0.6 is 0 Å². The molecule has 0 aliphatic carbocycles. The van der Waals surface area contributed by atoms with E-state index >= 15 is 0 Å². The van der Waals surface area contributed by atoms with Crippen molar-refractivity contribution in [3.63, 3.8) is 0 Å². The standard InChI is InChI=1S/C13H17NO5/c1-7-4-5-9(6-10(7)19-3)12(16)14-11(8(2)15)13(17)18/h4-6,8,11,15H,1-3H3,(H,14,16)(H,17,18). The van der Waals surface area contributed by atoms with Crippen molar-refractivity contribution in [2.75, 3.05) is 7.11 Å². The molecule has 0 saturated carbocycles. The van der Waals surface area contributed by atoms with Gasteiger partial charge in [-0.3, -0.25) is 4.79 Å². The lowest BCUT2D eigenvalue weighted by molar-refractivity contribution is -0.141. The van der Waals surface area contributed by atoms with E-state index in [9.17, 15) is 14.7 Å². The van der Waals surface area contributed by atoms with E-state index in [0.717, 1.165) is 5.56 Å². The molecule has 19 heavy (non-hydrogen) atoms. The van der Waals surface area contributed by atoms with Crippen LogP contribution in [0.25, 0.3) is 0 Å². The summed E-state index contributed by atoms with van der Waals surface area (Å²) in [5.41, 5.74) is 1.14. The zero-order chi connectivity index (χ0) is 14.6. The number of nitrogens with one attached hydrogen (secondary N) is 1. The second-order valence-corrected chi connectivity index (χ2v) is 4.21. The number of benzene rings is 1. The number of hydrogen-bond donors (Lipinski definition) is 3. The number of ether oxygens (including phenoxy) is 1. The number of carbonyl (C=O) groups is 2. The minimum Gasteiger partial charge on any atom is -0.496 e. The van der Waals surface area contributed by atoms with Gasteiger partial charge >= 0.3 is 5.97 Å². The highest BCUT2D eigenvalue weighted by atomic mass is 16.5. The normalized spacial score (nSPS) is 13.5. The van der Waals surface area contributed by atoms with E-state index in [1.54, 1.807) is 12.1 Å². The van der Waals surface area contributed by atoms with E-state index < -0.39 is 24.0 Å². The number of hydrogen-bond acceptors (Lipinski definition) is 4. The molecule has 2 atom stereocenters. The Bertz CT molecular complexity index is 484. The summed E-state index contributed by atoms with van der Waals surface area (Å²) in [6.07, 6.45) is -1.19. The van der Waals surface area contributed by atoms with Gasteiger partial charge in [0, 0.05) is 5.56 Å². The number of rotatable bonds is 5. The molecule has 2 unspecified atom stereocenters. The Morgan fingerprint density at radius 1 is 1.37 bits per heavy atom. The molecule has 0 saturated heterocycles. The van der Waals surface area contributed by atoms with Crippen LogP contribution < -0.4 is 10.1 Å². The molecule has 0 fully saturated rings. The van der Waals surface area contributed by atoms with Crippen LogP contribution in [-0.2, 0) is 4.79 Å². The molecule has 1 aromatic rings. The van der Waals surface area contributed by atoms with Crippen molar-refractivity contribution in [2.45, 2.75) is 26.0 Å². The monoisotopic (exact) mass is 267 g/mol. The summed E-state index contributed by atoms with van der Waals surface area (Å²) in [7, 11) is 1.49. The number of methoxy groups -OCH3 is 1. The lowest BCUT2D eigenvalue weighted by atomic mass is 10.1. The summed E-state index contributed by atoms with van der Waals surface area (Å²) in [6.45, 7) is 3.13. The first kappa shape index (κ1) is 15.0. The number of aryl methyl sites for hydroxylation is 1. The van der Waals surface area contributed by atoms with Gasteiger partial charge in [-0.1, -0.05) is 6.07 Å². The molecule has 0 aliphatic heterocycles. The van der Waals surface area contributed by atoms with E-state index in [-0.39, 0.29) is 5.56 Å². The number of aliphatic carboxylic acids is 1. The van der Waals surface area contributed by atoms with E-state index in [4.69, 9.17) is 9.84 Å². The van der Waals surface area contributed by atoms with Crippen LogP contribution in [0, 0.1) is 6.92 Å². The van der Waals surface area contributed by atoms with E-state index in [1.807, 2.05) is 6.92 Å². The topological polar surface area (TPSA) is 95.9 Å². The van der Waals surface area contributed by atoms with Crippen molar-refractivity contribution in [3.05, 3.63) is 29.3 Å². The summed E-state index contributed by atoms with van der Waals surface area (Å²) in [5.74, 6) is -1.33. The Morgan fingerprint density at radius 3 is 2.47 bits per heavy atom. The molecule has 0 spiro atoms. The first-order valence-electron chi connectivity index (χ1n) is 5.73. The Kier molecular flexibility index (Phi) is 4.88. The molecule has 3 N–H and O–H groups in total. The molecular weight excluding hydrogens is 250 g/mol. The number of aliphatic hydroxyl groups is 1. The molecule has 6 nitrogen and oxygen atoms in total. The van der Waals surface area contributed by atoms with Crippen molar-refractivity contribution in [3.8, 4) is 5.75 Å². The second kappa shape index (κ2) is 6.19. The van der Waals surface area contributed by atoms with Gasteiger partial charge in [0.1, 0.15) is 5.75 Å². The van der Waals surface area contributed by atoms with Gasteiger partial charge in [0.25, 0.3) is 5.91 Å². The summed E-state index contributed by atoms with van der Waals surface area (Å²) in [5, 5.41) is 20.4. The third-order valence-electron chi connectivity index (χ3n) is 2.71. The molecule has 1 rings (SSSR count). The molecule has 6 heteroatoms. The van der Waals surface area contributed by atoms with Crippen LogP contribution in [0.1, 0.15) is 22.8 Å². The lowest BCUT2D eigenvalue weighted by Gasteiger charge is -2.17. The Labute approximate surface area is 111 Å². The largest absolute Gasteiger partial charge is 0.496 e. The quantitative estimate of drug-likeness (QED) is 0.724. The molecule has 0 bridgehead atoms. The maximum absolute atomic E-state index is 11.9. The van der Waals surface area contributed by atoms with Crippen LogP contribution in [0.15, 0.2) is 18.2 Å². The molecule has 1 amide bonds. The average Bonchev–Trinajstić information content (AvgIpc) is 2.35. The van der Waals surface area contributed by atoms with Gasteiger partial charge in [0.15, 0.2) is 6.04 Å². The van der Waals surface area contributed by atoms with Gasteiger partial charge in [-0.05, 0) is 31.5 Å². The highest BCUT2D eigenvalue weighted by Crippen LogP contribution is 2.19. The van der Waals surface area contributed by atoms with Gasteiger partial charge in [0.05, 0.1) is 13.2 Å². The summed E-state index contributed by atoms with van der Waals surface area (Å²) >= 11 is 0.